The van der Waals surface area contributed by atoms with Crippen LogP contribution in [-0.2, 0) is 0 Å². The number of hydrogen-bond donors (Lipinski definition) is 3. The molecule has 2 aromatic rings. The molecule has 0 bridgehead atoms. The van der Waals surface area contributed by atoms with Crippen molar-refractivity contribution in [3.63, 3.8) is 0 Å². The van der Waals surface area contributed by atoms with Crippen molar-refractivity contribution < 1.29 is 0 Å². The van der Waals surface area contributed by atoms with Crippen LogP contribution in [0, 0.1) is 0 Å². The van der Waals surface area contributed by atoms with Crippen molar-refractivity contribution >= 4 is 17.6 Å². The zero-order valence-corrected chi connectivity index (χ0v) is 9.30. The minimum Gasteiger partial charge on any atom is -0.370 e. The van der Waals surface area contributed by atoms with E-state index in [0.29, 0.717) is 5.69 Å². The topological polar surface area (TPSA) is 146 Å². The molecule has 0 atom stereocenters. The van der Waals surface area contributed by atoms with E-state index in [1.807, 2.05) is 0 Å². The SMILES string of the molecule is NC(N)=NC(N)=Nc1ccc(-n2ncnn2)cc1. The number of hydrogen-bond acceptors (Lipinski definition) is 4. The molecule has 9 nitrogen and oxygen atoms in total. The summed E-state index contributed by atoms with van der Waals surface area (Å²) >= 11 is 0. The van der Waals surface area contributed by atoms with Gasteiger partial charge in [0.2, 0.25) is 5.96 Å². The molecule has 0 fully saturated rings. The fourth-order valence-electron chi connectivity index (χ4n) is 1.24. The molecule has 1 aromatic carbocycles. The zero-order valence-electron chi connectivity index (χ0n) is 9.30. The molecule has 18 heavy (non-hydrogen) atoms. The van der Waals surface area contributed by atoms with Crippen molar-refractivity contribution in [1.29, 1.82) is 0 Å². The van der Waals surface area contributed by atoms with Crippen LogP contribution in [0.2, 0.25) is 0 Å². The highest BCUT2D eigenvalue weighted by Crippen LogP contribution is 2.14. The van der Waals surface area contributed by atoms with E-state index in [1.165, 1.54) is 11.1 Å². The van der Waals surface area contributed by atoms with Gasteiger partial charge in [-0.2, -0.15) is 4.99 Å². The number of nitrogens with zero attached hydrogens (tertiary/aromatic N) is 6. The second-order valence-corrected chi connectivity index (χ2v) is 3.25. The van der Waals surface area contributed by atoms with Gasteiger partial charge in [0.15, 0.2) is 12.3 Å². The van der Waals surface area contributed by atoms with Gasteiger partial charge in [-0.15, -0.1) is 15.0 Å². The lowest BCUT2D eigenvalue weighted by Gasteiger charge is -1.99. The fraction of sp³-hybridized carbons (Fsp3) is 0. The van der Waals surface area contributed by atoms with Gasteiger partial charge in [0.1, 0.15) is 0 Å². The lowest BCUT2D eigenvalue weighted by atomic mass is 10.3. The number of nitrogens with two attached hydrogens (primary N) is 3. The summed E-state index contributed by atoms with van der Waals surface area (Å²) in [6, 6.07) is 6.99. The average molecular weight is 245 g/mol. The molecule has 2 rings (SSSR count). The lowest BCUT2D eigenvalue weighted by Crippen LogP contribution is -2.26. The van der Waals surface area contributed by atoms with Crippen LogP contribution < -0.4 is 17.2 Å². The van der Waals surface area contributed by atoms with Crippen LogP contribution in [0.25, 0.3) is 5.69 Å². The van der Waals surface area contributed by atoms with Crippen molar-refractivity contribution in [3.05, 3.63) is 30.6 Å². The molecule has 92 valence electrons. The maximum Gasteiger partial charge on any atom is 0.223 e. The summed E-state index contributed by atoms with van der Waals surface area (Å²) in [7, 11) is 0. The molecule has 0 aliphatic carbocycles. The van der Waals surface area contributed by atoms with Gasteiger partial charge < -0.3 is 17.2 Å². The Hall–Kier alpha value is -2.97. The van der Waals surface area contributed by atoms with Gasteiger partial charge in [-0.25, -0.2) is 4.99 Å². The van der Waals surface area contributed by atoms with E-state index in [-0.39, 0.29) is 11.9 Å². The smallest absolute Gasteiger partial charge is 0.223 e. The summed E-state index contributed by atoms with van der Waals surface area (Å²) in [6.45, 7) is 0. The van der Waals surface area contributed by atoms with Gasteiger partial charge in [-0.05, 0) is 29.5 Å². The van der Waals surface area contributed by atoms with Crippen molar-refractivity contribution in [2.45, 2.75) is 0 Å². The number of guanidine groups is 2. The molecule has 1 heterocycles. The predicted octanol–water partition coefficient (Wildman–Crippen LogP) is -1.12. The van der Waals surface area contributed by atoms with Gasteiger partial charge >= 0.3 is 0 Å². The maximum absolute atomic E-state index is 5.50. The molecule has 0 unspecified atom stereocenters. The van der Waals surface area contributed by atoms with Crippen LogP contribution in [0.1, 0.15) is 0 Å². The molecular weight excluding hydrogens is 234 g/mol. The van der Waals surface area contributed by atoms with Crippen LogP contribution in [0.15, 0.2) is 40.6 Å². The summed E-state index contributed by atoms with van der Waals surface area (Å²) in [5, 5.41) is 11.3. The van der Waals surface area contributed by atoms with Crippen LogP contribution in [0.4, 0.5) is 5.69 Å². The van der Waals surface area contributed by atoms with Crippen molar-refractivity contribution in [1.82, 2.24) is 20.2 Å². The summed E-state index contributed by atoms with van der Waals surface area (Å²) in [5.74, 6) is -0.152. The first kappa shape index (κ1) is 11.5. The van der Waals surface area contributed by atoms with Crippen molar-refractivity contribution in [2.24, 2.45) is 27.2 Å². The van der Waals surface area contributed by atoms with Crippen LogP contribution in [-0.4, -0.2) is 32.1 Å². The Labute approximate surface area is 102 Å². The minimum atomic E-state index is -0.139. The minimum absolute atomic E-state index is 0.0124. The Morgan fingerprint density at radius 1 is 1.11 bits per heavy atom. The molecule has 0 aliphatic heterocycles. The Morgan fingerprint density at radius 3 is 2.39 bits per heavy atom. The Bertz CT molecular complexity index is 563. The normalized spacial score (nSPS) is 11.2. The molecule has 9 heteroatoms. The first-order valence-corrected chi connectivity index (χ1v) is 4.92. The van der Waals surface area contributed by atoms with Crippen LogP contribution in [0.5, 0.6) is 0 Å². The fourth-order valence-corrected chi connectivity index (χ4v) is 1.24. The second kappa shape index (κ2) is 4.91. The van der Waals surface area contributed by atoms with Gasteiger partial charge in [0, 0.05) is 0 Å². The highest BCUT2D eigenvalue weighted by Gasteiger charge is 1.98. The summed E-state index contributed by atoms with van der Waals surface area (Å²) in [6.07, 6.45) is 1.35. The Kier molecular flexibility index (Phi) is 3.14. The third-order valence-corrected chi connectivity index (χ3v) is 1.92. The maximum atomic E-state index is 5.50. The van der Waals surface area contributed by atoms with Gasteiger partial charge in [0.05, 0.1) is 11.4 Å². The molecule has 0 amide bonds. The van der Waals surface area contributed by atoms with E-state index < -0.39 is 0 Å². The average Bonchev–Trinajstić information content (AvgIpc) is 2.82. The van der Waals surface area contributed by atoms with E-state index in [0.717, 1.165) is 5.69 Å². The molecule has 1 aromatic heterocycles. The monoisotopic (exact) mass is 245 g/mol. The van der Waals surface area contributed by atoms with Crippen molar-refractivity contribution in [3.8, 4) is 5.69 Å². The quantitative estimate of drug-likeness (QED) is 0.451. The van der Waals surface area contributed by atoms with E-state index in [2.05, 4.69) is 25.4 Å². The van der Waals surface area contributed by atoms with Crippen molar-refractivity contribution in [2.75, 3.05) is 0 Å². The molecular formula is C9H11N9. The highest BCUT2D eigenvalue weighted by atomic mass is 15.6. The van der Waals surface area contributed by atoms with E-state index in [1.54, 1.807) is 24.3 Å². The molecule has 0 saturated heterocycles. The molecule has 0 saturated carbocycles. The highest BCUT2D eigenvalue weighted by molar-refractivity contribution is 5.93. The number of aliphatic imine (C=N–C) groups is 2. The first-order chi connectivity index (χ1) is 8.65. The molecule has 0 radical (unpaired) electrons. The number of rotatable bonds is 2. The largest absolute Gasteiger partial charge is 0.370 e. The number of benzene rings is 1. The zero-order chi connectivity index (χ0) is 13.0. The Balaban J connectivity index is 2.21. The van der Waals surface area contributed by atoms with Gasteiger partial charge in [-0.1, -0.05) is 0 Å². The number of aromatic nitrogens is 4. The summed E-state index contributed by atoms with van der Waals surface area (Å²) in [5.41, 5.74) is 17.2. The van der Waals surface area contributed by atoms with E-state index >= 15 is 0 Å². The van der Waals surface area contributed by atoms with Crippen LogP contribution in [0.3, 0.4) is 0 Å². The summed E-state index contributed by atoms with van der Waals surface area (Å²) in [4.78, 5) is 8.99. The summed E-state index contributed by atoms with van der Waals surface area (Å²) < 4.78 is 0. The molecule has 0 aliphatic rings. The van der Waals surface area contributed by atoms with E-state index in [4.69, 9.17) is 17.2 Å². The molecule has 0 spiro atoms. The third-order valence-electron chi connectivity index (χ3n) is 1.92. The second-order valence-electron chi connectivity index (χ2n) is 3.25. The van der Waals surface area contributed by atoms with Gasteiger partial charge in [0.25, 0.3) is 0 Å². The molecule has 6 N–H and O–H groups in total. The first-order valence-electron chi connectivity index (χ1n) is 4.92. The number of tetrazole rings is 1. The third kappa shape index (κ3) is 2.78. The van der Waals surface area contributed by atoms with Gasteiger partial charge in [-0.3, -0.25) is 0 Å². The lowest BCUT2D eigenvalue weighted by molar-refractivity contribution is 0.720. The Morgan fingerprint density at radius 2 is 1.83 bits per heavy atom. The van der Waals surface area contributed by atoms with E-state index in [9.17, 15) is 0 Å². The predicted molar refractivity (Wildman–Crippen MR) is 66.2 cm³/mol. The van der Waals surface area contributed by atoms with Crippen LogP contribution >= 0.6 is 0 Å². The standard InChI is InChI=1S/C9H11N9/c10-8(11)16-9(12)15-6-1-3-7(4-2-6)18-14-5-13-17-18/h1-5H,(H6,10,11,12,15,16).